The quantitative estimate of drug-likeness (QED) is 0.592. The molecule has 0 aromatic heterocycles. The summed E-state index contributed by atoms with van der Waals surface area (Å²) in [6.45, 7) is 2.77. The summed E-state index contributed by atoms with van der Waals surface area (Å²) in [5.41, 5.74) is 1.30. The van der Waals surface area contributed by atoms with E-state index in [1.165, 1.54) is 32.0 Å². The first-order valence-corrected chi connectivity index (χ1v) is 7.31. The van der Waals surface area contributed by atoms with Crippen LogP contribution in [0, 0.1) is 20.2 Å². The topological polar surface area (TPSA) is 154 Å². The number of nitrogens with zero attached hydrogens (tertiary/aromatic N) is 3. The fraction of sp³-hybridized carbons (Fsp3) is 0.286. The minimum atomic E-state index is -1.26. The van der Waals surface area contributed by atoms with Gasteiger partial charge in [-0.25, -0.2) is 4.79 Å². The molecule has 0 unspecified atom stereocenters. The SMILES string of the molecule is CCOC(=O)NN(C(=O)OCC)/C(=C\c1ccccc1[N+](=O)[O-])[N+](=O)[O-]. The van der Waals surface area contributed by atoms with Crippen LogP contribution in [-0.4, -0.2) is 40.3 Å². The summed E-state index contributed by atoms with van der Waals surface area (Å²) in [6.07, 6.45) is -1.64. The zero-order chi connectivity index (χ0) is 19.7. The van der Waals surface area contributed by atoms with Gasteiger partial charge in [0.25, 0.3) is 5.69 Å². The fourth-order valence-electron chi connectivity index (χ4n) is 1.75. The van der Waals surface area contributed by atoms with E-state index in [1.807, 2.05) is 5.43 Å². The molecule has 0 spiro atoms. The van der Waals surface area contributed by atoms with Crippen molar-refractivity contribution < 1.29 is 28.9 Å². The van der Waals surface area contributed by atoms with Crippen molar-refractivity contribution in [2.45, 2.75) is 13.8 Å². The normalized spacial score (nSPS) is 10.6. The van der Waals surface area contributed by atoms with Crippen LogP contribution in [0.25, 0.3) is 6.08 Å². The Morgan fingerprint density at radius 2 is 1.77 bits per heavy atom. The molecule has 0 aliphatic rings. The number of carbonyl (C=O) groups excluding carboxylic acids is 2. The first kappa shape index (κ1) is 20.3. The molecule has 0 bridgehead atoms. The van der Waals surface area contributed by atoms with Gasteiger partial charge in [-0.3, -0.25) is 10.1 Å². The van der Waals surface area contributed by atoms with Crippen molar-refractivity contribution in [3.8, 4) is 0 Å². The molecule has 2 amide bonds. The highest BCUT2D eigenvalue weighted by atomic mass is 16.6. The zero-order valence-corrected chi connectivity index (χ0v) is 13.9. The van der Waals surface area contributed by atoms with E-state index in [1.54, 1.807) is 0 Å². The summed E-state index contributed by atoms with van der Waals surface area (Å²) in [6, 6.07) is 5.18. The van der Waals surface area contributed by atoms with Gasteiger partial charge in [-0.15, -0.1) is 5.43 Å². The summed E-state index contributed by atoms with van der Waals surface area (Å²) >= 11 is 0. The van der Waals surface area contributed by atoms with Crippen LogP contribution in [0.2, 0.25) is 0 Å². The van der Waals surface area contributed by atoms with Gasteiger partial charge in [0.2, 0.25) is 0 Å². The van der Waals surface area contributed by atoms with E-state index in [2.05, 4.69) is 9.47 Å². The highest BCUT2D eigenvalue weighted by molar-refractivity contribution is 5.77. The maximum Gasteiger partial charge on any atom is 0.531 e. The molecule has 140 valence electrons. The molecule has 0 aliphatic heterocycles. The number of hydrogen-bond donors (Lipinski definition) is 1. The average Bonchev–Trinajstić information content (AvgIpc) is 2.58. The lowest BCUT2D eigenvalue weighted by molar-refractivity contribution is -0.443. The van der Waals surface area contributed by atoms with Gasteiger partial charge in [-0.05, 0) is 29.8 Å². The number of nitro groups is 2. The molecule has 0 radical (unpaired) electrons. The Balaban J connectivity index is 3.40. The Bertz CT molecular complexity index is 733. The predicted octanol–water partition coefficient (Wildman–Crippen LogP) is 2.29. The van der Waals surface area contributed by atoms with E-state index >= 15 is 0 Å². The van der Waals surface area contributed by atoms with Gasteiger partial charge in [0.1, 0.15) is 0 Å². The molecule has 0 heterocycles. The Labute approximate surface area is 147 Å². The molecule has 0 saturated carbocycles. The lowest BCUT2D eigenvalue weighted by Gasteiger charge is -2.15. The molecule has 0 atom stereocenters. The molecule has 0 fully saturated rings. The molecule has 1 N–H and O–H groups in total. The molecular weight excluding hydrogens is 352 g/mol. The predicted molar refractivity (Wildman–Crippen MR) is 87.1 cm³/mol. The van der Waals surface area contributed by atoms with Crippen molar-refractivity contribution in [3.63, 3.8) is 0 Å². The Morgan fingerprint density at radius 3 is 2.31 bits per heavy atom. The second-order valence-electron chi connectivity index (χ2n) is 4.44. The van der Waals surface area contributed by atoms with E-state index < -0.39 is 33.5 Å². The van der Waals surface area contributed by atoms with Gasteiger partial charge in [0.05, 0.1) is 23.7 Å². The molecule has 1 aromatic rings. The number of para-hydroxylation sites is 1. The Hall–Kier alpha value is -3.70. The smallest absolute Gasteiger partial charge is 0.448 e. The van der Waals surface area contributed by atoms with E-state index in [4.69, 9.17) is 0 Å². The monoisotopic (exact) mass is 368 g/mol. The molecule has 0 aliphatic carbocycles. The van der Waals surface area contributed by atoms with E-state index in [9.17, 15) is 29.8 Å². The molecular formula is C14H16N4O8. The maximum atomic E-state index is 12.0. The summed E-state index contributed by atoms with van der Waals surface area (Å²) in [5.74, 6) is -0.967. The minimum absolute atomic E-state index is 0.0514. The van der Waals surface area contributed by atoms with Gasteiger partial charge in [0.15, 0.2) is 0 Å². The average molecular weight is 368 g/mol. The van der Waals surface area contributed by atoms with Gasteiger partial charge < -0.3 is 19.6 Å². The summed E-state index contributed by atoms with van der Waals surface area (Å²) < 4.78 is 9.25. The largest absolute Gasteiger partial charge is 0.531 e. The lowest BCUT2D eigenvalue weighted by Crippen LogP contribution is -2.47. The maximum absolute atomic E-state index is 12.0. The van der Waals surface area contributed by atoms with Crippen LogP contribution >= 0.6 is 0 Å². The number of hydrogen-bond acceptors (Lipinski definition) is 8. The third-order valence-electron chi connectivity index (χ3n) is 2.76. The van der Waals surface area contributed by atoms with Crippen LogP contribution in [0.3, 0.4) is 0 Å². The van der Waals surface area contributed by atoms with Crippen LogP contribution < -0.4 is 5.43 Å². The second kappa shape index (κ2) is 9.56. The summed E-state index contributed by atoms with van der Waals surface area (Å²) in [7, 11) is 0. The second-order valence-corrected chi connectivity index (χ2v) is 4.44. The molecule has 12 heteroatoms. The Morgan fingerprint density at radius 1 is 1.15 bits per heavy atom. The Kier molecular flexibility index (Phi) is 7.48. The van der Waals surface area contributed by atoms with E-state index in [0.29, 0.717) is 0 Å². The fourth-order valence-corrected chi connectivity index (χ4v) is 1.75. The van der Waals surface area contributed by atoms with Crippen molar-refractivity contribution in [2.75, 3.05) is 13.2 Å². The standard InChI is InChI=1S/C14H16N4O8/c1-3-25-13(19)15-16(14(20)26-4-2)12(18(23)24)9-10-7-5-6-8-11(10)17(21)22/h5-9H,3-4H2,1-2H3,(H,15,19)/b12-9+. The third kappa shape index (κ3) is 5.43. The molecule has 12 nitrogen and oxygen atoms in total. The lowest BCUT2D eigenvalue weighted by atomic mass is 10.1. The number of nitro benzene ring substituents is 1. The first-order chi connectivity index (χ1) is 12.3. The van der Waals surface area contributed by atoms with Gasteiger partial charge in [0, 0.05) is 12.1 Å². The van der Waals surface area contributed by atoms with E-state index in [-0.39, 0.29) is 23.8 Å². The van der Waals surface area contributed by atoms with Crippen molar-refractivity contribution in [1.82, 2.24) is 10.4 Å². The van der Waals surface area contributed by atoms with Gasteiger partial charge in [-0.1, -0.05) is 12.1 Å². The first-order valence-electron chi connectivity index (χ1n) is 7.31. The number of amides is 2. The van der Waals surface area contributed by atoms with Crippen LogP contribution in [0.1, 0.15) is 19.4 Å². The number of rotatable bonds is 6. The highest BCUT2D eigenvalue weighted by Gasteiger charge is 2.34. The third-order valence-corrected chi connectivity index (χ3v) is 2.76. The molecule has 1 rings (SSSR count). The number of hydrazine groups is 1. The number of carbonyl (C=O) groups is 2. The van der Waals surface area contributed by atoms with Crippen molar-refractivity contribution in [3.05, 3.63) is 55.9 Å². The summed E-state index contributed by atoms with van der Waals surface area (Å²) in [4.78, 5) is 44.3. The molecule has 26 heavy (non-hydrogen) atoms. The highest BCUT2D eigenvalue weighted by Crippen LogP contribution is 2.22. The van der Waals surface area contributed by atoms with Gasteiger partial charge in [-0.2, -0.15) is 4.79 Å². The van der Waals surface area contributed by atoms with Crippen LogP contribution in [-0.2, 0) is 9.47 Å². The van der Waals surface area contributed by atoms with Crippen molar-refractivity contribution in [1.29, 1.82) is 0 Å². The molecule has 1 aromatic carbocycles. The van der Waals surface area contributed by atoms with Crippen molar-refractivity contribution >= 4 is 23.9 Å². The van der Waals surface area contributed by atoms with Gasteiger partial charge >= 0.3 is 18.0 Å². The van der Waals surface area contributed by atoms with Crippen LogP contribution in [0.4, 0.5) is 15.3 Å². The molecule has 0 saturated heterocycles. The number of benzene rings is 1. The van der Waals surface area contributed by atoms with E-state index in [0.717, 1.165) is 12.1 Å². The van der Waals surface area contributed by atoms with Crippen molar-refractivity contribution in [2.24, 2.45) is 0 Å². The minimum Gasteiger partial charge on any atom is -0.448 e. The van der Waals surface area contributed by atoms with Crippen LogP contribution in [0.15, 0.2) is 30.1 Å². The summed E-state index contributed by atoms with van der Waals surface area (Å²) in [5, 5.41) is 22.7. The number of ether oxygens (including phenoxy) is 2. The zero-order valence-electron chi connectivity index (χ0n) is 13.9. The number of nitrogens with one attached hydrogen (secondary N) is 1. The van der Waals surface area contributed by atoms with Crippen LogP contribution in [0.5, 0.6) is 0 Å².